The van der Waals surface area contributed by atoms with Crippen LogP contribution in [0.25, 0.3) is 0 Å². The number of halogens is 1. The Balaban J connectivity index is 1.76. The Morgan fingerprint density at radius 2 is 1.96 bits per heavy atom. The summed E-state index contributed by atoms with van der Waals surface area (Å²) in [7, 11) is 0. The van der Waals surface area contributed by atoms with Gasteiger partial charge in [0.15, 0.2) is 5.78 Å². The van der Waals surface area contributed by atoms with E-state index in [-0.39, 0.29) is 40.5 Å². The number of rotatable bonds is 1. The first-order chi connectivity index (χ1) is 11.7. The second-order valence-electron chi connectivity index (χ2n) is 9.33. The monoisotopic (exact) mass is 346 g/mol. The fraction of sp³-hybridized carbons (Fsp3) is 0.762. The maximum atomic E-state index is 14.8. The Kier molecular flexibility index (Phi) is 3.66. The molecule has 7 atom stereocenters. The molecule has 0 N–H and O–H groups in total. The molecular formula is C21H27FO3. The SMILES string of the molecule is CC(=O)[C@H]1C(F)C[C@H]2[C@@H]3CCC4=CC(=O)CC[C@]4(C)[C@H]3C(=O)C[C@]12C. The lowest BCUT2D eigenvalue weighted by atomic mass is 9.46. The average Bonchev–Trinajstić information content (AvgIpc) is 2.77. The van der Waals surface area contributed by atoms with Crippen LogP contribution in [0.2, 0.25) is 0 Å². The molecular weight excluding hydrogens is 319 g/mol. The van der Waals surface area contributed by atoms with Gasteiger partial charge < -0.3 is 0 Å². The number of hydrogen-bond donors (Lipinski definition) is 0. The molecule has 1 unspecified atom stereocenters. The van der Waals surface area contributed by atoms with E-state index >= 15 is 0 Å². The van der Waals surface area contributed by atoms with Crippen LogP contribution < -0.4 is 0 Å². The second-order valence-corrected chi connectivity index (χ2v) is 9.33. The first kappa shape index (κ1) is 17.1. The van der Waals surface area contributed by atoms with E-state index < -0.39 is 17.5 Å². The molecule has 0 saturated heterocycles. The molecule has 3 nitrogen and oxygen atoms in total. The van der Waals surface area contributed by atoms with Gasteiger partial charge in [0.2, 0.25) is 0 Å². The van der Waals surface area contributed by atoms with Crippen LogP contribution >= 0.6 is 0 Å². The molecule has 25 heavy (non-hydrogen) atoms. The Labute approximate surface area is 148 Å². The number of hydrogen-bond acceptors (Lipinski definition) is 3. The summed E-state index contributed by atoms with van der Waals surface area (Å²) in [6.45, 7) is 5.57. The Morgan fingerprint density at radius 1 is 1.24 bits per heavy atom. The van der Waals surface area contributed by atoms with E-state index in [2.05, 4.69) is 6.92 Å². The summed E-state index contributed by atoms with van der Waals surface area (Å²) in [6, 6.07) is 0. The van der Waals surface area contributed by atoms with Gasteiger partial charge in [-0.25, -0.2) is 4.39 Å². The summed E-state index contributed by atoms with van der Waals surface area (Å²) in [5.74, 6) is -0.280. The number of Topliss-reactive ketones (excluding diaryl/α,β-unsaturated/α-hetero) is 2. The lowest BCUT2D eigenvalue weighted by molar-refractivity contribution is -0.148. The van der Waals surface area contributed by atoms with Gasteiger partial charge in [0, 0.05) is 18.8 Å². The zero-order valence-electron chi connectivity index (χ0n) is 15.3. The van der Waals surface area contributed by atoms with Crippen molar-refractivity contribution in [3.05, 3.63) is 11.6 Å². The number of carbonyl (C=O) groups excluding carboxylic acids is 3. The largest absolute Gasteiger partial charge is 0.300 e. The highest BCUT2D eigenvalue weighted by molar-refractivity contribution is 5.93. The maximum absolute atomic E-state index is 14.8. The van der Waals surface area contributed by atoms with Crippen molar-refractivity contribution in [2.24, 2.45) is 34.5 Å². The molecule has 4 aliphatic carbocycles. The second kappa shape index (κ2) is 5.34. The number of ketones is 3. The van der Waals surface area contributed by atoms with Crippen LogP contribution in [-0.4, -0.2) is 23.5 Å². The quantitative estimate of drug-likeness (QED) is 0.725. The lowest BCUT2D eigenvalue weighted by Gasteiger charge is -2.56. The van der Waals surface area contributed by atoms with Crippen molar-refractivity contribution < 1.29 is 18.8 Å². The third-order valence-corrected chi connectivity index (χ3v) is 8.08. The molecule has 0 aromatic heterocycles. The van der Waals surface area contributed by atoms with Crippen LogP contribution in [0.15, 0.2) is 11.6 Å². The van der Waals surface area contributed by atoms with E-state index in [1.54, 1.807) is 6.08 Å². The van der Waals surface area contributed by atoms with Crippen LogP contribution in [0.3, 0.4) is 0 Å². The summed E-state index contributed by atoms with van der Waals surface area (Å²) in [5, 5.41) is 0. The molecule has 0 bridgehead atoms. The van der Waals surface area contributed by atoms with E-state index in [0.717, 1.165) is 24.8 Å². The third-order valence-electron chi connectivity index (χ3n) is 8.08. The molecule has 4 rings (SSSR count). The molecule has 0 spiro atoms. The number of carbonyl (C=O) groups is 3. The topological polar surface area (TPSA) is 51.2 Å². The van der Waals surface area contributed by atoms with Crippen molar-refractivity contribution in [2.45, 2.75) is 65.5 Å². The molecule has 0 aromatic rings. The van der Waals surface area contributed by atoms with Gasteiger partial charge in [0.1, 0.15) is 17.7 Å². The summed E-state index contributed by atoms with van der Waals surface area (Å²) in [5.41, 5.74) is 0.334. The molecule has 4 aliphatic rings. The Bertz CT molecular complexity index is 695. The van der Waals surface area contributed by atoms with Gasteiger partial charge >= 0.3 is 0 Å². The van der Waals surface area contributed by atoms with E-state index in [0.29, 0.717) is 19.3 Å². The summed E-state index contributed by atoms with van der Waals surface area (Å²) >= 11 is 0. The molecule has 0 aliphatic heterocycles. The predicted molar refractivity (Wildman–Crippen MR) is 91.6 cm³/mol. The minimum atomic E-state index is -1.13. The molecule has 136 valence electrons. The highest BCUT2D eigenvalue weighted by Gasteiger charge is 2.65. The Morgan fingerprint density at radius 3 is 2.64 bits per heavy atom. The fourth-order valence-electron chi connectivity index (χ4n) is 7.08. The normalized spacial score (nSPS) is 49.1. The van der Waals surface area contributed by atoms with Gasteiger partial charge in [-0.3, -0.25) is 14.4 Å². The van der Waals surface area contributed by atoms with Crippen LogP contribution in [0.5, 0.6) is 0 Å². The molecule has 0 amide bonds. The maximum Gasteiger partial charge on any atom is 0.155 e. The fourth-order valence-corrected chi connectivity index (χ4v) is 7.08. The van der Waals surface area contributed by atoms with Crippen molar-refractivity contribution in [3.63, 3.8) is 0 Å². The first-order valence-electron chi connectivity index (χ1n) is 9.59. The van der Waals surface area contributed by atoms with Crippen molar-refractivity contribution in [3.8, 4) is 0 Å². The van der Waals surface area contributed by atoms with Crippen molar-refractivity contribution in [1.82, 2.24) is 0 Å². The number of allylic oxidation sites excluding steroid dienone is 1. The molecule has 0 aromatic carbocycles. The molecule has 0 heterocycles. The average molecular weight is 346 g/mol. The highest BCUT2D eigenvalue weighted by atomic mass is 19.1. The van der Waals surface area contributed by atoms with Gasteiger partial charge in [0.25, 0.3) is 0 Å². The van der Waals surface area contributed by atoms with Crippen molar-refractivity contribution in [1.29, 1.82) is 0 Å². The minimum Gasteiger partial charge on any atom is -0.300 e. The standard InChI is InChI=1S/C21H27FO3/c1-11(23)18-16(22)9-15-14-5-4-12-8-13(24)6-7-20(12,2)19(14)17(25)10-21(15,18)3/h8,14-16,18-19H,4-7,9-10H2,1-3H3/t14-,15-,16?,18-,19+,20-,21-/m0/s1. The first-order valence-corrected chi connectivity index (χ1v) is 9.59. The molecule has 4 heteroatoms. The van der Waals surface area contributed by atoms with Gasteiger partial charge in [-0.2, -0.15) is 0 Å². The van der Waals surface area contributed by atoms with E-state index in [9.17, 15) is 18.8 Å². The number of fused-ring (bicyclic) bond motifs is 5. The molecule has 0 radical (unpaired) electrons. The Hall–Kier alpha value is -1.32. The van der Waals surface area contributed by atoms with Gasteiger partial charge in [0.05, 0.1) is 5.92 Å². The zero-order valence-corrected chi connectivity index (χ0v) is 15.3. The lowest BCUT2D eigenvalue weighted by Crippen LogP contribution is -2.55. The van der Waals surface area contributed by atoms with Crippen LogP contribution in [0.1, 0.15) is 59.3 Å². The molecule has 3 fully saturated rings. The minimum absolute atomic E-state index is 0.0927. The summed E-state index contributed by atoms with van der Waals surface area (Å²) < 4.78 is 14.8. The van der Waals surface area contributed by atoms with Gasteiger partial charge in [-0.05, 0) is 61.3 Å². The smallest absolute Gasteiger partial charge is 0.155 e. The molecule has 3 saturated carbocycles. The van der Waals surface area contributed by atoms with Crippen LogP contribution in [-0.2, 0) is 14.4 Å². The third kappa shape index (κ3) is 2.18. The van der Waals surface area contributed by atoms with Gasteiger partial charge in [-0.15, -0.1) is 0 Å². The predicted octanol–water partition coefficient (Wildman–Crippen LogP) is 3.85. The summed E-state index contributed by atoms with van der Waals surface area (Å²) in [4.78, 5) is 37.2. The van der Waals surface area contributed by atoms with E-state index in [1.807, 2.05) is 6.92 Å². The van der Waals surface area contributed by atoms with E-state index in [1.165, 1.54) is 6.92 Å². The van der Waals surface area contributed by atoms with Crippen LogP contribution in [0.4, 0.5) is 4.39 Å². The van der Waals surface area contributed by atoms with Gasteiger partial charge in [-0.1, -0.05) is 19.4 Å². The summed E-state index contributed by atoms with van der Waals surface area (Å²) in [6.07, 6.45) is 4.24. The van der Waals surface area contributed by atoms with Crippen LogP contribution in [0, 0.1) is 34.5 Å². The van der Waals surface area contributed by atoms with E-state index in [4.69, 9.17) is 0 Å². The van der Waals surface area contributed by atoms with Crippen molar-refractivity contribution in [2.75, 3.05) is 0 Å². The zero-order chi connectivity index (χ0) is 18.1. The number of alkyl halides is 1. The highest BCUT2D eigenvalue weighted by Crippen LogP contribution is 2.66. The van der Waals surface area contributed by atoms with Crippen molar-refractivity contribution >= 4 is 17.3 Å².